The molecule has 3 aromatic rings. The lowest BCUT2D eigenvalue weighted by Crippen LogP contribution is -2.38. The first-order valence-corrected chi connectivity index (χ1v) is 13.3. The van der Waals surface area contributed by atoms with Crippen molar-refractivity contribution < 1.29 is 14.3 Å². The molecule has 186 valence electrons. The zero-order chi connectivity index (χ0) is 24.9. The highest BCUT2D eigenvalue weighted by atomic mass is 32.2. The van der Waals surface area contributed by atoms with Crippen molar-refractivity contribution in [2.24, 2.45) is 0 Å². The number of ether oxygens (including phenoxy) is 1. The highest BCUT2D eigenvalue weighted by Crippen LogP contribution is 2.42. The van der Waals surface area contributed by atoms with E-state index in [0.717, 1.165) is 65.9 Å². The van der Waals surface area contributed by atoms with Crippen LogP contribution in [0.15, 0.2) is 76.5 Å². The summed E-state index contributed by atoms with van der Waals surface area (Å²) in [4.78, 5) is 32.9. The molecule has 3 aromatic carbocycles. The van der Waals surface area contributed by atoms with E-state index in [1.54, 1.807) is 11.8 Å². The Morgan fingerprint density at radius 2 is 1.78 bits per heavy atom. The van der Waals surface area contributed by atoms with Gasteiger partial charge >= 0.3 is 0 Å². The molecule has 5 rings (SSSR count). The second-order valence-corrected chi connectivity index (χ2v) is 10.2. The molecular formula is C29H31N3O3S. The smallest absolute Gasteiger partial charge is 0.259 e. The van der Waals surface area contributed by atoms with Crippen LogP contribution in [0.1, 0.15) is 38.3 Å². The summed E-state index contributed by atoms with van der Waals surface area (Å²) < 4.78 is 5.40. The molecule has 0 spiro atoms. The minimum atomic E-state index is -0.116. The van der Waals surface area contributed by atoms with Crippen molar-refractivity contribution in [2.45, 2.75) is 29.7 Å². The highest BCUT2D eigenvalue weighted by molar-refractivity contribution is 7.99. The predicted molar refractivity (Wildman–Crippen MR) is 143 cm³/mol. The van der Waals surface area contributed by atoms with Gasteiger partial charge in [-0.3, -0.25) is 14.5 Å². The number of benzene rings is 3. The van der Waals surface area contributed by atoms with Gasteiger partial charge in [0.15, 0.2) is 0 Å². The molecule has 1 N–H and O–H groups in total. The van der Waals surface area contributed by atoms with Crippen LogP contribution in [0.3, 0.4) is 0 Å². The number of carbonyl (C=O) groups excluding carboxylic acids is 2. The average molecular weight is 502 g/mol. The summed E-state index contributed by atoms with van der Waals surface area (Å²) in [5.41, 5.74) is 4.23. The quantitative estimate of drug-likeness (QED) is 0.473. The number of anilines is 1. The molecule has 2 aliphatic heterocycles. The summed E-state index contributed by atoms with van der Waals surface area (Å²) in [6.07, 6.45) is 0.889. The van der Waals surface area contributed by atoms with Gasteiger partial charge in [-0.05, 0) is 61.3 Å². The molecule has 0 aliphatic carbocycles. The van der Waals surface area contributed by atoms with E-state index in [9.17, 15) is 9.59 Å². The molecule has 36 heavy (non-hydrogen) atoms. The topological polar surface area (TPSA) is 61.9 Å². The molecular weight excluding hydrogens is 470 g/mol. The Kier molecular flexibility index (Phi) is 7.70. The molecule has 1 saturated heterocycles. The molecule has 6 nitrogen and oxygen atoms in total. The minimum absolute atomic E-state index is 0.0526. The largest absolute Gasteiger partial charge is 0.379 e. The number of fused-ring (bicyclic) bond motifs is 2. The Bertz CT molecular complexity index is 1260. The number of nitrogens with zero attached hydrogens (tertiary/aromatic N) is 2. The number of rotatable bonds is 7. The lowest BCUT2D eigenvalue weighted by molar-refractivity contribution is 0.0374. The normalized spacial score (nSPS) is 15.7. The number of amides is 2. The fourth-order valence-corrected chi connectivity index (χ4v) is 5.67. The van der Waals surface area contributed by atoms with Crippen LogP contribution in [0.4, 0.5) is 5.69 Å². The molecule has 0 atom stereocenters. The number of aryl methyl sites for hydroxylation is 1. The average Bonchev–Trinajstić information content (AvgIpc) is 3.02. The predicted octanol–water partition coefficient (Wildman–Crippen LogP) is 4.76. The van der Waals surface area contributed by atoms with Crippen LogP contribution < -0.4 is 10.2 Å². The van der Waals surface area contributed by atoms with Gasteiger partial charge in [-0.1, -0.05) is 48.2 Å². The summed E-state index contributed by atoms with van der Waals surface area (Å²) in [5.74, 6) is -0.169. The van der Waals surface area contributed by atoms with E-state index >= 15 is 0 Å². The molecule has 0 saturated carbocycles. The van der Waals surface area contributed by atoms with Gasteiger partial charge in [-0.25, -0.2) is 0 Å². The SMILES string of the molecule is Cc1ccccc1CN1C(=O)c2ccccc2Sc2ccc(C(=O)NCCCN3CCOCC3)cc21. The lowest BCUT2D eigenvalue weighted by Gasteiger charge is -2.26. The summed E-state index contributed by atoms with van der Waals surface area (Å²) in [5, 5.41) is 3.06. The van der Waals surface area contributed by atoms with Crippen LogP contribution in [0, 0.1) is 6.92 Å². The Morgan fingerprint density at radius 3 is 2.61 bits per heavy atom. The molecule has 0 bridgehead atoms. The van der Waals surface area contributed by atoms with Crippen LogP contribution in [0.2, 0.25) is 0 Å². The summed E-state index contributed by atoms with van der Waals surface area (Å²) >= 11 is 1.57. The van der Waals surface area contributed by atoms with Crippen molar-refractivity contribution in [3.63, 3.8) is 0 Å². The van der Waals surface area contributed by atoms with E-state index in [1.807, 2.05) is 59.5 Å². The van der Waals surface area contributed by atoms with Gasteiger partial charge in [0.1, 0.15) is 0 Å². The van der Waals surface area contributed by atoms with Crippen molar-refractivity contribution in [1.82, 2.24) is 10.2 Å². The maximum absolute atomic E-state index is 13.8. The molecule has 0 aromatic heterocycles. The number of carbonyl (C=O) groups is 2. The van der Waals surface area contributed by atoms with E-state index in [4.69, 9.17) is 4.74 Å². The molecule has 2 aliphatic rings. The summed E-state index contributed by atoms with van der Waals surface area (Å²) in [6, 6.07) is 21.5. The Morgan fingerprint density at radius 1 is 1.00 bits per heavy atom. The van der Waals surface area contributed by atoms with E-state index in [1.165, 1.54) is 0 Å². The van der Waals surface area contributed by atoms with Gasteiger partial charge in [0.05, 0.1) is 31.0 Å². The van der Waals surface area contributed by atoms with Crippen LogP contribution in [-0.4, -0.2) is 56.1 Å². The van der Waals surface area contributed by atoms with Crippen molar-refractivity contribution in [1.29, 1.82) is 0 Å². The van der Waals surface area contributed by atoms with Crippen molar-refractivity contribution in [3.05, 3.63) is 89.0 Å². The van der Waals surface area contributed by atoms with Crippen molar-refractivity contribution >= 4 is 29.3 Å². The van der Waals surface area contributed by atoms with E-state index in [0.29, 0.717) is 24.2 Å². The summed E-state index contributed by atoms with van der Waals surface area (Å²) in [6.45, 7) is 7.51. The van der Waals surface area contributed by atoms with Gasteiger partial charge < -0.3 is 15.0 Å². The molecule has 2 heterocycles. The maximum atomic E-state index is 13.8. The van der Waals surface area contributed by atoms with Gasteiger partial charge in [0.2, 0.25) is 0 Å². The van der Waals surface area contributed by atoms with Gasteiger partial charge in [-0.2, -0.15) is 0 Å². The number of hydrogen-bond acceptors (Lipinski definition) is 5. The zero-order valence-corrected chi connectivity index (χ0v) is 21.4. The number of nitrogens with one attached hydrogen (secondary N) is 1. The third-order valence-electron chi connectivity index (χ3n) is 6.72. The fraction of sp³-hybridized carbons (Fsp3) is 0.310. The second-order valence-electron chi connectivity index (χ2n) is 9.16. The first-order chi connectivity index (χ1) is 17.6. The van der Waals surface area contributed by atoms with Crippen molar-refractivity contribution in [3.8, 4) is 0 Å². The molecule has 2 amide bonds. The standard InChI is InChI=1S/C29H31N3O3S/c1-21-7-2-3-8-23(21)20-32-25-19-22(28(33)30-13-6-14-31-15-17-35-18-16-31)11-12-27(25)36-26-10-5-4-9-24(26)29(32)34/h2-5,7-12,19H,6,13-18,20H2,1H3,(H,30,33). The van der Waals surface area contributed by atoms with Gasteiger partial charge in [-0.15, -0.1) is 0 Å². The minimum Gasteiger partial charge on any atom is -0.379 e. The van der Waals surface area contributed by atoms with Gasteiger partial charge in [0, 0.05) is 35.0 Å². The lowest BCUT2D eigenvalue weighted by atomic mass is 10.1. The van der Waals surface area contributed by atoms with Gasteiger partial charge in [0.25, 0.3) is 11.8 Å². The molecule has 1 fully saturated rings. The highest BCUT2D eigenvalue weighted by Gasteiger charge is 2.28. The van der Waals surface area contributed by atoms with Crippen LogP contribution in [0.5, 0.6) is 0 Å². The van der Waals surface area contributed by atoms with E-state index in [-0.39, 0.29) is 11.8 Å². The first kappa shape index (κ1) is 24.6. The Balaban J connectivity index is 1.37. The third-order valence-corrected chi connectivity index (χ3v) is 7.87. The Labute approximate surface area is 216 Å². The summed E-state index contributed by atoms with van der Waals surface area (Å²) in [7, 11) is 0. The van der Waals surface area contributed by atoms with E-state index < -0.39 is 0 Å². The second kappa shape index (κ2) is 11.3. The van der Waals surface area contributed by atoms with Crippen LogP contribution in [-0.2, 0) is 11.3 Å². The molecule has 0 unspecified atom stereocenters. The number of hydrogen-bond donors (Lipinski definition) is 1. The number of morpholine rings is 1. The van der Waals surface area contributed by atoms with Crippen molar-refractivity contribution in [2.75, 3.05) is 44.3 Å². The fourth-order valence-electron chi connectivity index (χ4n) is 4.61. The van der Waals surface area contributed by atoms with Crippen LogP contribution in [0.25, 0.3) is 0 Å². The molecule has 7 heteroatoms. The first-order valence-electron chi connectivity index (χ1n) is 12.5. The monoisotopic (exact) mass is 501 g/mol. The maximum Gasteiger partial charge on any atom is 0.259 e. The zero-order valence-electron chi connectivity index (χ0n) is 20.5. The molecule has 0 radical (unpaired) electrons. The Hall–Kier alpha value is -3.13. The third kappa shape index (κ3) is 5.48. The van der Waals surface area contributed by atoms with E-state index in [2.05, 4.69) is 29.3 Å². The van der Waals surface area contributed by atoms with Crippen LogP contribution >= 0.6 is 11.8 Å².